The zero-order valence-corrected chi connectivity index (χ0v) is 14.2. The van der Waals surface area contributed by atoms with Crippen molar-refractivity contribution in [3.05, 3.63) is 11.5 Å². The topological polar surface area (TPSA) is 55.8 Å². The average molecular weight is 296 g/mol. The first-order valence-corrected chi connectivity index (χ1v) is 7.91. The molecular weight excluding hydrogens is 268 g/mol. The first-order valence-electron chi connectivity index (χ1n) is 7.91. The van der Waals surface area contributed by atoms with Crippen molar-refractivity contribution >= 4 is 5.78 Å². The van der Waals surface area contributed by atoms with Crippen LogP contribution in [0.15, 0.2) is 11.5 Å². The molecule has 0 radical (unpaired) electrons. The highest BCUT2D eigenvalue weighted by Gasteiger charge is 2.71. The summed E-state index contributed by atoms with van der Waals surface area (Å²) >= 11 is 0. The van der Waals surface area contributed by atoms with Gasteiger partial charge in [0, 0.05) is 0 Å². The third kappa shape index (κ3) is 2.10. The van der Waals surface area contributed by atoms with Crippen molar-refractivity contribution in [2.24, 2.45) is 17.3 Å². The van der Waals surface area contributed by atoms with Crippen molar-refractivity contribution < 1.29 is 19.4 Å². The molecule has 2 rings (SSSR count). The molecule has 0 aliphatic heterocycles. The summed E-state index contributed by atoms with van der Waals surface area (Å²) in [6.07, 6.45) is 0.529. The van der Waals surface area contributed by atoms with E-state index in [2.05, 4.69) is 6.92 Å². The fraction of sp³-hybridized carbons (Fsp3) is 0.824. The standard InChI is InChI=1S/C17H28O4/c1-9(2)20-13-14(18)17(19)12(6)11(5)8-16(17,7)15(13)21-10(3)4/h9-12,19H,8H2,1-7H3/t11-,12-,16+,17+/m0/s1. The van der Waals surface area contributed by atoms with Gasteiger partial charge in [0.25, 0.3) is 0 Å². The summed E-state index contributed by atoms with van der Waals surface area (Å²) in [6, 6.07) is 0. The summed E-state index contributed by atoms with van der Waals surface area (Å²) in [5.74, 6) is 0.591. The summed E-state index contributed by atoms with van der Waals surface area (Å²) in [4.78, 5) is 12.9. The Bertz CT molecular complexity index is 479. The predicted octanol–water partition coefficient (Wildman–Crippen LogP) is 3.04. The minimum absolute atomic E-state index is 0.0658. The Morgan fingerprint density at radius 1 is 1.14 bits per heavy atom. The van der Waals surface area contributed by atoms with Gasteiger partial charge in [0.05, 0.1) is 17.6 Å². The molecule has 1 N–H and O–H groups in total. The number of carbonyl (C=O) groups excluding carboxylic acids is 1. The van der Waals surface area contributed by atoms with E-state index in [-0.39, 0.29) is 35.6 Å². The van der Waals surface area contributed by atoms with Gasteiger partial charge in [0.15, 0.2) is 5.76 Å². The van der Waals surface area contributed by atoms with E-state index in [1.54, 1.807) is 0 Å². The second kappa shape index (κ2) is 5.01. The van der Waals surface area contributed by atoms with E-state index in [0.29, 0.717) is 5.76 Å². The molecule has 2 aliphatic rings. The Balaban J connectivity index is 2.56. The fourth-order valence-corrected chi connectivity index (χ4v) is 3.90. The predicted molar refractivity (Wildman–Crippen MR) is 80.5 cm³/mol. The van der Waals surface area contributed by atoms with Gasteiger partial charge >= 0.3 is 0 Å². The molecule has 2 aliphatic carbocycles. The first-order chi connectivity index (χ1) is 9.55. The van der Waals surface area contributed by atoms with Crippen LogP contribution in [0.3, 0.4) is 0 Å². The zero-order valence-electron chi connectivity index (χ0n) is 14.2. The van der Waals surface area contributed by atoms with Crippen LogP contribution in [0.2, 0.25) is 0 Å². The molecule has 0 aromatic heterocycles. The molecule has 4 heteroatoms. The maximum absolute atomic E-state index is 12.9. The number of hydrogen-bond donors (Lipinski definition) is 1. The third-order valence-electron chi connectivity index (χ3n) is 5.05. The zero-order chi connectivity index (χ0) is 16.2. The second-order valence-corrected chi connectivity index (χ2v) is 7.39. The molecule has 4 nitrogen and oxygen atoms in total. The number of ether oxygens (including phenoxy) is 2. The van der Waals surface area contributed by atoms with Crippen LogP contribution in [0.5, 0.6) is 0 Å². The highest BCUT2D eigenvalue weighted by atomic mass is 16.5. The van der Waals surface area contributed by atoms with Gasteiger partial charge in [0.1, 0.15) is 5.60 Å². The van der Waals surface area contributed by atoms with Crippen LogP contribution in [0.1, 0.15) is 54.9 Å². The quantitative estimate of drug-likeness (QED) is 0.866. The Hall–Kier alpha value is -1.03. The van der Waals surface area contributed by atoms with Gasteiger partial charge in [-0.1, -0.05) is 13.8 Å². The molecule has 0 aromatic carbocycles. The molecule has 0 bridgehead atoms. The van der Waals surface area contributed by atoms with Crippen LogP contribution in [0.4, 0.5) is 0 Å². The highest BCUT2D eigenvalue weighted by molar-refractivity contribution is 6.05. The van der Waals surface area contributed by atoms with E-state index < -0.39 is 11.0 Å². The van der Waals surface area contributed by atoms with Crippen LogP contribution in [-0.2, 0) is 14.3 Å². The largest absolute Gasteiger partial charge is 0.491 e. The summed E-state index contributed by atoms with van der Waals surface area (Å²) in [5.41, 5.74) is -2.11. The summed E-state index contributed by atoms with van der Waals surface area (Å²) in [6.45, 7) is 13.5. The number of aliphatic hydroxyl groups is 1. The van der Waals surface area contributed by atoms with Gasteiger partial charge in [-0.3, -0.25) is 4.79 Å². The number of fused-ring (bicyclic) bond motifs is 1. The highest BCUT2D eigenvalue weighted by Crippen LogP contribution is 2.62. The van der Waals surface area contributed by atoms with Gasteiger partial charge in [0.2, 0.25) is 11.5 Å². The second-order valence-electron chi connectivity index (χ2n) is 7.39. The van der Waals surface area contributed by atoms with E-state index in [1.807, 2.05) is 41.5 Å². The van der Waals surface area contributed by atoms with Gasteiger partial charge in [-0.05, 0) is 52.9 Å². The number of rotatable bonds is 4. The van der Waals surface area contributed by atoms with Gasteiger partial charge < -0.3 is 14.6 Å². The van der Waals surface area contributed by atoms with Crippen molar-refractivity contribution in [1.82, 2.24) is 0 Å². The minimum Gasteiger partial charge on any atom is -0.491 e. The molecule has 0 aromatic rings. The average Bonchev–Trinajstić information content (AvgIpc) is 2.62. The van der Waals surface area contributed by atoms with E-state index in [1.165, 1.54) is 0 Å². The summed E-state index contributed by atoms with van der Waals surface area (Å²) in [7, 11) is 0. The maximum Gasteiger partial charge on any atom is 0.233 e. The van der Waals surface area contributed by atoms with Crippen LogP contribution in [-0.4, -0.2) is 28.7 Å². The lowest BCUT2D eigenvalue weighted by Crippen LogP contribution is -2.50. The van der Waals surface area contributed by atoms with E-state index >= 15 is 0 Å². The lowest BCUT2D eigenvalue weighted by atomic mass is 9.74. The normalized spacial score (nSPS) is 39.4. The minimum atomic E-state index is -1.42. The van der Waals surface area contributed by atoms with Crippen LogP contribution in [0, 0.1) is 17.3 Å². The molecule has 1 fully saturated rings. The van der Waals surface area contributed by atoms with Crippen LogP contribution < -0.4 is 0 Å². The van der Waals surface area contributed by atoms with Crippen LogP contribution in [0.25, 0.3) is 0 Å². The Morgan fingerprint density at radius 2 is 1.67 bits per heavy atom. The van der Waals surface area contributed by atoms with Crippen molar-refractivity contribution in [2.45, 2.75) is 72.7 Å². The number of ketones is 1. The van der Waals surface area contributed by atoms with Crippen molar-refractivity contribution in [2.75, 3.05) is 0 Å². The van der Waals surface area contributed by atoms with Crippen molar-refractivity contribution in [3.8, 4) is 0 Å². The smallest absolute Gasteiger partial charge is 0.233 e. The Kier molecular flexibility index (Phi) is 3.90. The molecule has 0 amide bonds. The van der Waals surface area contributed by atoms with Gasteiger partial charge in [-0.25, -0.2) is 0 Å². The molecule has 21 heavy (non-hydrogen) atoms. The fourth-order valence-electron chi connectivity index (χ4n) is 3.90. The van der Waals surface area contributed by atoms with E-state index in [0.717, 1.165) is 6.42 Å². The lowest BCUT2D eigenvalue weighted by molar-refractivity contribution is -0.147. The summed E-state index contributed by atoms with van der Waals surface area (Å²) < 4.78 is 11.7. The van der Waals surface area contributed by atoms with Gasteiger partial charge in [-0.15, -0.1) is 0 Å². The number of Topliss-reactive ketones (excluding diaryl/α,β-unsaturated/α-hetero) is 1. The SMILES string of the molecule is CC(C)OC1=C(OC(C)C)[C@@]2(C)C[C@H](C)[C@H](C)[C@@]2(O)C1=O. The van der Waals surface area contributed by atoms with Crippen molar-refractivity contribution in [3.63, 3.8) is 0 Å². The molecule has 0 saturated heterocycles. The van der Waals surface area contributed by atoms with Gasteiger partial charge in [-0.2, -0.15) is 0 Å². The molecule has 120 valence electrons. The third-order valence-corrected chi connectivity index (χ3v) is 5.05. The Labute approximate surface area is 127 Å². The number of hydrogen-bond acceptors (Lipinski definition) is 4. The monoisotopic (exact) mass is 296 g/mol. The van der Waals surface area contributed by atoms with Crippen LogP contribution >= 0.6 is 0 Å². The molecule has 4 atom stereocenters. The first kappa shape index (κ1) is 16.3. The number of carbonyl (C=O) groups is 1. The molecule has 0 spiro atoms. The van der Waals surface area contributed by atoms with E-state index in [4.69, 9.17) is 9.47 Å². The summed E-state index contributed by atoms with van der Waals surface area (Å²) in [5, 5.41) is 11.2. The Morgan fingerprint density at radius 3 is 2.14 bits per heavy atom. The lowest BCUT2D eigenvalue weighted by Gasteiger charge is -2.35. The molecule has 0 unspecified atom stereocenters. The van der Waals surface area contributed by atoms with Crippen molar-refractivity contribution in [1.29, 1.82) is 0 Å². The molecule has 1 saturated carbocycles. The molecular formula is C17H28O4. The maximum atomic E-state index is 12.9. The molecule has 0 heterocycles. The van der Waals surface area contributed by atoms with E-state index in [9.17, 15) is 9.90 Å².